The van der Waals surface area contributed by atoms with Gasteiger partial charge in [-0.2, -0.15) is 0 Å². The van der Waals surface area contributed by atoms with E-state index in [1.54, 1.807) is 0 Å². The van der Waals surface area contributed by atoms with Gasteiger partial charge < -0.3 is 0 Å². The Morgan fingerprint density at radius 1 is 0.929 bits per heavy atom. The van der Waals surface area contributed by atoms with Gasteiger partial charge in [0.25, 0.3) is 0 Å². The molecule has 1 aromatic carbocycles. The van der Waals surface area contributed by atoms with Crippen molar-refractivity contribution in [2.24, 2.45) is 0 Å². The highest BCUT2D eigenvalue weighted by Gasteiger charge is 2.07. The second-order valence-corrected chi connectivity index (χ2v) is 5.23. The number of halogens is 2. The van der Waals surface area contributed by atoms with Crippen LogP contribution in [0.5, 0.6) is 0 Å². The third-order valence-corrected chi connectivity index (χ3v) is 2.43. The maximum Gasteiger partial charge on any atom is 0.0348 e. The average molecular weight is 231 g/mol. The van der Waals surface area contributed by atoms with E-state index in [0.29, 0.717) is 0 Å². The van der Waals surface area contributed by atoms with Crippen molar-refractivity contribution in [1.82, 2.24) is 0 Å². The molecule has 0 heterocycles. The second kappa shape index (κ2) is 5.63. The van der Waals surface area contributed by atoms with Crippen LogP contribution in [-0.2, 0) is 12.8 Å². The molecular weight excluding hydrogens is 215 g/mol. The van der Waals surface area contributed by atoms with Crippen LogP contribution in [0.15, 0.2) is 24.3 Å². The third kappa shape index (κ3) is 3.89. The second-order valence-electron chi connectivity index (χ2n) is 3.74. The van der Waals surface area contributed by atoms with Crippen LogP contribution in [0.2, 0.25) is 0 Å². The molecule has 0 aliphatic rings. The molecule has 0 radical (unpaired) electrons. The summed E-state index contributed by atoms with van der Waals surface area (Å²) in [5.41, 5.74) is 2.64. The third-order valence-electron chi connectivity index (χ3n) is 2.12. The van der Waals surface area contributed by atoms with Crippen LogP contribution < -0.4 is 0 Å². The maximum atomic E-state index is 5.99. The average Bonchev–Trinajstić information content (AvgIpc) is 2.06. The Bertz CT molecular complexity index is 250. The van der Waals surface area contributed by atoms with Crippen LogP contribution in [0.1, 0.15) is 25.0 Å². The summed E-state index contributed by atoms with van der Waals surface area (Å²) < 4.78 is 0. The lowest BCUT2D eigenvalue weighted by Crippen LogP contribution is -2.05. The number of benzene rings is 1. The maximum absolute atomic E-state index is 5.99. The molecule has 0 saturated carbocycles. The molecule has 0 amide bonds. The minimum atomic E-state index is 0.182. The lowest BCUT2D eigenvalue weighted by atomic mass is 9.99. The van der Waals surface area contributed by atoms with Gasteiger partial charge in [-0.1, -0.05) is 24.3 Å². The van der Waals surface area contributed by atoms with Crippen molar-refractivity contribution in [3.8, 4) is 0 Å². The molecule has 0 aliphatic carbocycles. The van der Waals surface area contributed by atoms with Gasteiger partial charge in [0.1, 0.15) is 0 Å². The fourth-order valence-corrected chi connectivity index (χ4v) is 1.89. The lowest BCUT2D eigenvalue weighted by molar-refractivity contribution is 0.870. The zero-order valence-electron chi connectivity index (χ0n) is 8.63. The fraction of sp³-hybridized carbons (Fsp3) is 0.500. The molecule has 2 unspecified atom stereocenters. The zero-order chi connectivity index (χ0) is 10.6. The van der Waals surface area contributed by atoms with Gasteiger partial charge in [0, 0.05) is 10.8 Å². The van der Waals surface area contributed by atoms with Crippen molar-refractivity contribution in [2.75, 3.05) is 0 Å². The van der Waals surface area contributed by atoms with Crippen LogP contribution >= 0.6 is 23.2 Å². The van der Waals surface area contributed by atoms with Crippen molar-refractivity contribution in [1.29, 1.82) is 0 Å². The lowest BCUT2D eigenvalue weighted by Gasteiger charge is -2.11. The Morgan fingerprint density at radius 3 is 1.57 bits per heavy atom. The van der Waals surface area contributed by atoms with Gasteiger partial charge >= 0.3 is 0 Å². The van der Waals surface area contributed by atoms with Crippen LogP contribution in [0, 0.1) is 0 Å². The zero-order valence-corrected chi connectivity index (χ0v) is 10.1. The summed E-state index contributed by atoms with van der Waals surface area (Å²) in [5, 5.41) is 0.364. The number of rotatable bonds is 4. The van der Waals surface area contributed by atoms with E-state index < -0.39 is 0 Å². The van der Waals surface area contributed by atoms with Crippen LogP contribution in [0.3, 0.4) is 0 Å². The standard InChI is InChI=1S/C12H16Cl2/c1-9(13)7-11-5-3-4-6-12(11)8-10(2)14/h3-6,9-10H,7-8H2,1-2H3. The molecule has 0 aromatic heterocycles. The Labute approximate surface area is 96.2 Å². The van der Waals surface area contributed by atoms with E-state index in [9.17, 15) is 0 Å². The predicted molar refractivity (Wildman–Crippen MR) is 64.5 cm³/mol. The van der Waals surface area contributed by atoms with Gasteiger partial charge in [-0.25, -0.2) is 0 Å². The van der Waals surface area contributed by atoms with Crippen molar-refractivity contribution < 1.29 is 0 Å². The van der Waals surface area contributed by atoms with Gasteiger partial charge in [0.05, 0.1) is 0 Å². The molecule has 0 saturated heterocycles. The molecule has 2 heteroatoms. The largest absolute Gasteiger partial charge is 0.123 e. The summed E-state index contributed by atoms with van der Waals surface area (Å²) >= 11 is 12.0. The Morgan fingerprint density at radius 2 is 1.29 bits per heavy atom. The van der Waals surface area contributed by atoms with Gasteiger partial charge in [-0.3, -0.25) is 0 Å². The molecular formula is C12H16Cl2. The van der Waals surface area contributed by atoms with Crippen molar-refractivity contribution in [2.45, 2.75) is 37.4 Å². The van der Waals surface area contributed by atoms with Crippen molar-refractivity contribution in [3.05, 3.63) is 35.4 Å². The van der Waals surface area contributed by atoms with Crippen LogP contribution in [0.25, 0.3) is 0 Å². The minimum Gasteiger partial charge on any atom is -0.123 e. The van der Waals surface area contributed by atoms with Crippen LogP contribution in [0.4, 0.5) is 0 Å². The fourth-order valence-electron chi connectivity index (χ4n) is 1.56. The van der Waals surface area contributed by atoms with Crippen LogP contribution in [-0.4, -0.2) is 10.8 Å². The molecule has 14 heavy (non-hydrogen) atoms. The Hall–Kier alpha value is -0.200. The quantitative estimate of drug-likeness (QED) is 0.686. The first-order valence-corrected chi connectivity index (χ1v) is 5.81. The summed E-state index contributed by atoms with van der Waals surface area (Å²) in [6.07, 6.45) is 1.84. The van der Waals surface area contributed by atoms with E-state index in [1.165, 1.54) is 11.1 Å². The molecule has 0 bridgehead atoms. The minimum absolute atomic E-state index is 0.182. The molecule has 0 aliphatic heterocycles. The van der Waals surface area contributed by atoms with E-state index in [1.807, 2.05) is 13.8 Å². The predicted octanol–water partition coefficient (Wildman–Crippen LogP) is 4.03. The highest BCUT2D eigenvalue weighted by Crippen LogP contribution is 2.16. The van der Waals surface area contributed by atoms with E-state index >= 15 is 0 Å². The normalized spacial score (nSPS) is 15.1. The van der Waals surface area contributed by atoms with Gasteiger partial charge in [-0.05, 0) is 37.8 Å². The topological polar surface area (TPSA) is 0 Å². The highest BCUT2D eigenvalue weighted by molar-refractivity contribution is 6.20. The SMILES string of the molecule is CC(Cl)Cc1ccccc1CC(C)Cl. The first-order chi connectivity index (χ1) is 6.59. The molecule has 78 valence electrons. The van der Waals surface area contributed by atoms with E-state index in [4.69, 9.17) is 23.2 Å². The highest BCUT2D eigenvalue weighted by atomic mass is 35.5. The molecule has 0 nitrogen and oxygen atoms in total. The molecule has 1 aromatic rings. The van der Waals surface area contributed by atoms with Gasteiger partial charge in [0.15, 0.2) is 0 Å². The molecule has 0 N–H and O–H groups in total. The first-order valence-electron chi connectivity index (χ1n) is 4.94. The number of alkyl halides is 2. The molecule has 1 rings (SSSR count). The molecule has 2 atom stereocenters. The van der Waals surface area contributed by atoms with Gasteiger partial charge in [0.2, 0.25) is 0 Å². The van der Waals surface area contributed by atoms with E-state index in [2.05, 4.69) is 24.3 Å². The first kappa shape index (κ1) is 11.9. The monoisotopic (exact) mass is 230 g/mol. The summed E-state index contributed by atoms with van der Waals surface area (Å²) in [7, 11) is 0. The summed E-state index contributed by atoms with van der Waals surface area (Å²) in [6, 6.07) is 8.37. The Balaban J connectivity index is 2.80. The Kier molecular flexibility index (Phi) is 4.77. The summed E-state index contributed by atoms with van der Waals surface area (Å²) in [6.45, 7) is 4.03. The number of hydrogen-bond donors (Lipinski definition) is 0. The molecule has 0 fully saturated rings. The van der Waals surface area contributed by atoms with Gasteiger partial charge in [-0.15, -0.1) is 23.2 Å². The summed E-state index contributed by atoms with van der Waals surface area (Å²) in [4.78, 5) is 0. The van der Waals surface area contributed by atoms with Crippen molar-refractivity contribution >= 4 is 23.2 Å². The number of hydrogen-bond acceptors (Lipinski definition) is 0. The van der Waals surface area contributed by atoms with E-state index in [0.717, 1.165) is 12.8 Å². The molecule has 0 spiro atoms. The van der Waals surface area contributed by atoms with Crippen molar-refractivity contribution in [3.63, 3.8) is 0 Å². The summed E-state index contributed by atoms with van der Waals surface area (Å²) in [5.74, 6) is 0. The smallest absolute Gasteiger partial charge is 0.0348 e. The van der Waals surface area contributed by atoms with E-state index in [-0.39, 0.29) is 10.8 Å².